The minimum atomic E-state index is -0.481. The Hall–Kier alpha value is -0.840. The Morgan fingerprint density at radius 3 is 2.71 bits per heavy atom. The Morgan fingerprint density at radius 1 is 1.18 bits per heavy atom. The van der Waals surface area contributed by atoms with Crippen LogP contribution in [0.3, 0.4) is 0 Å². The summed E-state index contributed by atoms with van der Waals surface area (Å²) in [6.07, 6.45) is 0.853. The highest BCUT2D eigenvalue weighted by atomic mass is 35.5. The Bertz CT molecular complexity index is 334. The lowest BCUT2D eigenvalue weighted by molar-refractivity contribution is 0.0806. The molecule has 0 heterocycles. The molecule has 0 amide bonds. The Kier molecular flexibility index (Phi) is 6.93. The zero-order chi connectivity index (χ0) is 12.5. The van der Waals surface area contributed by atoms with Crippen molar-refractivity contribution in [1.29, 1.82) is 0 Å². The average Bonchev–Trinajstić information content (AvgIpc) is 2.32. The van der Waals surface area contributed by atoms with Crippen LogP contribution in [0.2, 0.25) is 5.02 Å². The topological polar surface area (TPSA) is 27.7 Å². The predicted molar refractivity (Wildman–Crippen MR) is 64.2 cm³/mol. The van der Waals surface area contributed by atoms with Gasteiger partial charge in [0.2, 0.25) is 0 Å². The summed E-state index contributed by atoms with van der Waals surface area (Å²) in [5.41, 5.74) is 0. The van der Waals surface area contributed by atoms with E-state index in [4.69, 9.17) is 25.8 Å². The molecule has 1 aromatic rings. The van der Waals surface area contributed by atoms with Gasteiger partial charge in [0.25, 0.3) is 0 Å². The van der Waals surface area contributed by atoms with Gasteiger partial charge in [0.15, 0.2) is 0 Å². The van der Waals surface area contributed by atoms with Crippen molar-refractivity contribution in [2.75, 3.05) is 33.5 Å². The minimum absolute atomic E-state index is 0.0909. The highest BCUT2D eigenvalue weighted by molar-refractivity contribution is 6.30. The van der Waals surface area contributed by atoms with E-state index >= 15 is 0 Å². The Morgan fingerprint density at radius 2 is 2.00 bits per heavy atom. The van der Waals surface area contributed by atoms with Gasteiger partial charge < -0.3 is 14.2 Å². The van der Waals surface area contributed by atoms with Gasteiger partial charge in [0, 0.05) is 26.4 Å². The lowest BCUT2D eigenvalue weighted by atomic mass is 10.3. The van der Waals surface area contributed by atoms with Crippen LogP contribution in [0, 0.1) is 5.82 Å². The van der Waals surface area contributed by atoms with Gasteiger partial charge in [-0.25, -0.2) is 4.39 Å². The van der Waals surface area contributed by atoms with E-state index in [2.05, 4.69) is 0 Å². The fourth-order valence-corrected chi connectivity index (χ4v) is 1.31. The summed E-state index contributed by atoms with van der Waals surface area (Å²) in [6, 6.07) is 4.34. The number of rotatable bonds is 8. The summed E-state index contributed by atoms with van der Waals surface area (Å²) in [5.74, 6) is -0.0300. The third-order valence-corrected chi connectivity index (χ3v) is 2.33. The van der Waals surface area contributed by atoms with Crippen LogP contribution in [-0.2, 0) is 9.47 Å². The SMILES string of the molecule is COCCCOCCOc1ccc(Cl)c(F)c1. The summed E-state index contributed by atoms with van der Waals surface area (Å²) in [6.45, 7) is 2.16. The van der Waals surface area contributed by atoms with Crippen molar-refractivity contribution < 1.29 is 18.6 Å². The monoisotopic (exact) mass is 262 g/mol. The number of methoxy groups -OCH3 is 1. The summed E-state index contributed by atoms with van der Waals surface area (Å²) >= 11 is 5.55. The van der Waals surface area contributed by atoms with E-state index in [9.17, 15) is 4.39 Å². The molecule has 0 aliphatic heterocycles. The summed E-state index contributed by atoms with van der Waals surface area (Å²) in [7, 11) is 1.65. The third-order valence-electron chi connectivity index (χ3n) is 2.02. The molecule has 0 fully saturated rings. The van der Waals surface area contributed by atoms with Crippen LogP contribution in [-0.4, -0.2) is 33.5 Å². The quantitative estimate of drug-likeness (QED) is 0.674. The number of halogens is 2. The fraction of sp³-hybridized carbons (Fsp3) is 0.500. The van der Waals surface area contributed by atoms with Gasteiger partial charge in [-0.1, -0.05) is 11.6 Å². The van der Waals surface area contributed by atoms with E-state index in [-0.39, 0.29) is 5.02 Å². The average molecular weight is 263 g/mol. The van der Waals surface area contributed by atoms with Crippen molar-refractivity contribution in [2.45, 2.75) is 6.42 Å². The molecule has 0 aliphatic rings. The van der Waals surface area contributed by atoms with Crippen LogP contribution < -0.4 is 4.74 Å². The van der Waals surface area contributed by atoms with Crippen molar-refractivity contribution in [2.24, 2.45) is 0 Å². The predicted octanol–water partition coefficient (Wildman–Crippen LogP) is 2.91. The zero-order valence-corrected chi connectivity index (χ0v) is 10.5. The first-order valence-electron chi connectivity index (χ1n) is 5.38. The number of hydrogen-bond acceptors (Lipinski definition) is 3. The Labute approximate surface area is 105 Å². The van der Waals surface area contributed by atoms with Gasteiger partial charge >= 0.3 is 0 Å². The van der Waals surface area contributed by atoms with Gasteiger partial charge in [-0.3, -0.25) is 0 Å². The lowest BCUT2D eigenvalue weighted by Gasteiger charge is -2.07. The van der Waals surface area contributed by atoms with Crippen LogP contribution in [0.25, 0.3) is 0 Å². The van der Waals surface area contributed by atoms with Crippen molar-refractivity contribution in [3.63, 3.8) is 0 Å². The normalized spacial score (nSPS) is 10.5. The van der Waals surface area contributed by atoms with E-state index in [0.29, 0.717) is 32.2 Å². The van der Waals surface area contributed by atoms with Crippen LogP contribution >= 0.6 is 11.6 Å². The summed E-state index contributed by atoms with van der Waals surface area (Å²) < 4.78 is 28.5. The van der Waals surface area contributed by atoms with Crippen LogP contribution in [0.5, 0.6) is 5.75 Å². The molecule has 0 saturated heterocycles. The molecule has 1 aromatic carbocycles. The van der Waals surface area contributed by atoms with Crippen LogP contribution in [0.1, 0.15) is 6.42 Å². The van der Waals surface area contributed by atoms with Crippen molar-refractivity contribution in [1.82, 2.24) is 0 Å². The first-order chi connectivity index (χ1) is 8.24. The summed E-state index contributed by atoms with van der Waals surface area (Å²) in [4.78, 5) is 0. The van der Waals surface area contributed by atoms with E-state index < -0.39 is 5.82 Å². The maximum absolute atomic E-state index is 13.0. The van der Waals surface area contributed by atoms with Gasteiger partial charge in [-0.05, 0) is 18.6 Å². The minimum Gasteiger partial charge on any atom is -0.491 e. The lowest BCUT2D eigenvalue weighted by Crippen LogP contribution is -2.08. The zero-order valence-electron chi connectivity index (χ0n) is 9.75. The molecule has 0 radical (unpaired) electrons. The van der Waals surface area contributed by atoms with Crippen molar-refractivity contribution in [3.05, 3.63) is 29.0 Å². The molecule has 17 heavy (non-hydrogen) atoms. The molecular weight excluding hydrogens is 247 g/mol. The third kappa shape index (κ3) is 5.86. The smallest absolute Gasteiger partial charge is 0.145 e. The molecule has 0 bridgehead atoms. The van der Waals surface area contributed by atoms with E-state index in [0.717, 1.165) is 6.42 Å². The fourth-order valence-electron chi connectivity index (χ4n) is 1.19. The number of benzene rings is 1. The van der Waals surface area contributed by atoms with Crippen molar-refractivity contribution in [3.8, 4) is 5.75 Å². The largest absolute Gasteiger partial charge is 0.491 e. The molecule has 0 saturated carbocycles. The second-order valence-electron chi connectivity index (χ2n) is 3.38. The van der Waals surface area contributed by atoms with Crippen LogP contribution in [0.15, 0.2) is 18.2 Å². The van der Waals surface area contributed by atoms with Gasteiger partial charge in [-0.2, -0.15) is 0 Å². The first kappa shape index (κ1) is 14.2. The summed E-state index contributed by atoms with van der Waals surface area (Å²) in [5, 5.41) is 0.0909. The first-order valence-corrected chi connectivity index (χ1v) is 5.76. The number of ether oxygens (including phenoxy) is 3. The van der Waals surface area contributed by atoms with Crippen molar-refractivity contribution >= 4 is 11.6 Å². The highest BCUT2D eigenvalue weighted by Crippen LogP contribution is 2.20. The van der Waals surface area contributed by atoms with Gasteiger partial charge in [0.05, 0.1) is 11.6 Å². The molecule has 0 spiro atoms. The molecule has 3 nitrogen and oxygen atoms in total. The molecular formula is C12H16ClFO3. The van der Waals surface area contributed by atoms with Gasteiger partial charge in [-0.15, -0.1) is 0 Å². The van der Waals surface area contributed by atoms with Crippen LogP contribution in [0.4, 0.5) is 4.39 Å². The number of hydrogen-bond donors (Lipinski definition) is 0. The molecule has 96 valence electrons. The molecule has 0 atom stereocenters. The molecule has 1 rings (SSSR count). The maximum atomic E-state index is 13.0. The highest BCUT2D eigenvalue weighted by Gasteiger charge is 2.01. The maximum Gasteiger partial charge on any atom is 0.145 e. The molecule has 0 aliphatic carbocycles. The Balaban J connectivity index is 2.11. The van der Waals surface area contributed by atoms with E-state index in [1.807, 2.05) is 0 Å². The second-order valence-corrected chi connectivity index (χ2v) is 3.79. The van der Waals surface area contributed by atoms with E-state index in [1.165, 1.54) is 12.1 Å². The molecule has 0 N–H and O–H groups in total. The van der Waals surface area contributed by atoms with Gasteiger partial charge in [0.1, 0.15) is 18.2 Å². The molecule has 5 heteroatoms. The molecule has 0 unspecified atom stereocenters. The van der Waals surface area contributed by atoms with E-state index in [1.54, 1.807) is 13.2 Å². The second kappa shape index (κ2) is 8.28. The molecule has 0 aromatic heterocycles. The standard InChI is InChI=1S/C12H16ClFO3/c1-15-5-2-6-16-7-8-17-10-3-4-11(13)12(14)9-10/h3-4,9H,2,5-8H2,1H3.